The molecule has 0 aliphatic heterocycles. The molecule has 4 aromatic rings. The second-order valence-electron chi connectivity index (χ2n) is 6.62. The molecular formula is C21H19BrClN5OS. The first kappa shape index (κ1) is 20.8. The van der Waals surface area contributed by atoms with E-state index in [1.807, 2.05) is 47.8 Å². The minimum absolute atomic E-state index is 0.0424. The third kappa shape index (κ3) is 4.83. The molecule has 0 unspecified atom stereocenters. The van der Waals surface area contributed by atoms with Crippen molar-refractivity contribution in [1.29, 1.82) is 0 Å². The fourth-order valence-electron chi connectivity index (χ4n) is 3.04. The molecule has 3 heterocycles. The van der Waals surface area contributed by atoms with Crippen molar-refractivity contribution < 1.29 is 4.79 Å². The largest absolute Gasteiger partial charge is 0.370 e. The summed E-state index contributed by atoms with van der Waals surface area (Å²) in [5.74, 6) is 0.853. The van der Waals surface area contributed by atoms with Crippen molar-refractivity contribution in [3.8, 4) is 11.3 Å². The summed E-state index contributed by atoms with van der Waals surface area (Å²) in [4.78, 5) is 17.8. The van der Waals surface area contributed by atoms with Crippen LogP contribution in [0.2, 0.25) is 5.02 Å². The van der Waals surface area contributed by atoms with E-state index in [9.17, 15) is 4.79 Å². The molecule has 1 aromatic carbocycles. The van der Waals surface area contributed by atoms with Crippen LogP contribution in [-0.2, 0) is 11.2 Å². The van der Waals surface area contributed by atoms with Gasteiger partial charge in [-0.15, -0.1) is 11.3 Å². The third-order valence-corrected chi connectivity index (χ3v) is 6.24. The summed E-state index contributed by atoms with van der Waals surface area (Å²) in [7, 11) is 0. The normalized spacial score (nSPS) is 11.0. The van der Waals surface area contributed by atoms with Crippen LogP contribution in [0.3, 0.4) is 0 Å². The van der Waals surface area contributed by atoms with E-state index in [2.05, 4.69) is 31.7 Å². The SMILES string of the molecule is O=C(Cc1cccs1)NCCCNc1cc(-c2ccccc2Cl)nc2c(Br)cnn12. The van der Waals surface area contributed by atoms with Crippen molar-refractivity contribution in [3.63, 3.8) is 0 Å². The number of rotatable bonds is 8. The number of hydrogen-bond donors (Lipinski definition) is 2. The van der Waals surface area contributed by atoms with Gasteiger partial charge in [0.1, 0.15) is 5.82 Å². The van der Waals surface area contributed by atoms with Crippen LogP contribution in [0, 0.1) is 0 Å². The number of nitrogens with zero attached hydrogens (tertiary/aromatic N) is 3. The molecule has 4 rings (SSSR count). The first-order valence-electron chi connectivity index (χ1n) is 9.44. The zero-order chi connectivity index (χ0) is 20.9. The quantitative estimate of drug-likeness (QED) is 0.330. The van der Waals surface area contributed by atoms with Gasteiger partial charge in [0.05, 0.1) is 22.8 Å². The zero-order valence-electron chi connectivity index (χ0n) is 15.9. The molecule has 0 fully saturated rings. The van der Waals surface area contributed by atoms with Gasteiger partial charge in [0.25, 0.3) is 0 Å². The molecule has 6 nitrogen and oxygen atoms in total. The number of aromatic nitrogens is 3. The summed E-state index contributed by atoms with van der Waals surface area (Å²) < 4.78 is 2.56. The first-order valence-corrected chi connectivity index (χ1v) is 11.5. The molecule has 0 saturated heterocycles. The van der Waals surface area contributed by atoms with Gasteiger partial charge in [-0.1, -0.05) is 35.9 Å². The average molecular weight is 505 g/mol. The van der Waals surface area contributed by atoms with Gasteiger partial charge in [-0.3, -0.25) is 4.79 Å². The summed E-state index contributed by atoms with van der Waals surface area (Å²) >= 11 is 11.5. The molecule has 0 spiro atoms. The second-order valence-corrected chi connectivity index (χ2v) is 8.91. The molecule has 0 aliphatic carbocycles. The highest BCUT2D eigenvalue weighted by Crippen LogP contribution is 2.30. The van der Waals surface area contributed by atoms with Gasteiger partial charge in [0.15, 0.2) is 5.65 Å². The molecule has 1 amide bonds. The number of benzene rings is 1. The van der Waals surface area contributed by atoms with Crippen molar-refractivity contribution >= 4 is 56.2 Å². The lowest BCUT2D eigenvalue weighted by atomic mass is 10.1. The smallest absolute Gasteiger partial charge is 0.225 e. The van der Waals surface area contributed by atoms with E-state index in [0.717, 1.165) is 32.8 Å². The van der Waals surface area contributed by atoms with Crippen LogP contribution in [0.4, 0.5) is 5.82 Å². The maximum Gasteiger partial charge on any atom is 0.225 e. The summed E-state index contributed by atoms with van der Waals surface area (Å²) in [6.45, 7) is 1.28. The van der Waals surface area contributed by atoms with E-state index in [4.69, 9.17) is 16.6 Å². The van der Waals surface area contributed by atoms with Gasteiger partial charge in [-0.2, -0.15) is 9.61 Å². The number of nitrogens with one attached hydrogen (secondary N) is 2. The van der Waals surface area contributed by atoms with Crippen LogP contribution in [0.15, 0.2) is 58.5 Å². The van der Waals surface area contributed by atoms with E-state index in [0.29, 0.717) is 30.2 Å². The predicted octanol–water partition coefficient (Wildman–Crippen LogP) is 5.03. The van der Waals surface area contributed by atoms with Crippen LogP contribution >= 0.6 is 38.9 Å². The molecular weight excluding hydrogens is 486 g/mol. The first-order chi connectivity index (χ1) is 14.6. The van der Waals surface area contributed by atoms with Gasteiger partial charge in [0.2, 0.25) is 5.91 Å². The topological polar surface area (TPSA) is 71.3 Å². The summed E-state index contributed by atoms with van der Waals surface area (Å²) in [6, 6.07) is 13.5. The maximum absolute atomic E-state index is 12.0. The highest BCUT2D eigenvalue weighted by Gasteiger charge is 2.13. The predicted molar refractivity (Wildman–Crippen MR) is 125 cm³/mol. The Hall–Kier alpha value is -2.42. The van der Waals surface area contributed by atoms with E-state index in [1.54, 1.807) is 22.0 Å². The fourth-order valence-corrected chi connectivity index (χ4v) is 4.32. The highest BCUT2D eigenvalue weighted by atomic mass is 79.9. The maximum atomic E-state index is 12.0. The van der Waals surface area contributed by atoms with Gasteiger partial charge in [-0.25, -0.2) is 4.98 Å². The summed E-state index contributed by atoms with van der Waals surface area (Å²) in [5, 5.41) is 13.4. The lowest BCUT2D eigenvalue weighted by molar-refractivity contribution is -0.120. The molecule has 9 heteroatoms. The Morgan fingerprint density at radius 1 is 1.20 bits per heavy atom. The van der Waals surface area contributed by atoms with Crippen LogP contribution < -0.4 is 10.6 Å². The number of halogens is 2. The lowest BCUT2D eigenvalue weighted by Crippen LogP contribution is -2.27. The number of anilines is 1. The molecule has 3 aromatic heterocycles. The van der Waals surface area contributed by atoms with Crippen molar-refractivity contribution in [1.82, 2.24) is 19.9 Å². The number of fused-ring (bicyclic) bond motifs is 1. The Labute approximate surface area is 191 Å². The van der Waals surface area contributed by atoms with Gasteiger partial charge in [-0.05, 0) is 39.9 Å². The van der Waals surface area contributed by atoms with Crippen LogP contribution in [-0.4, -0.2) is 33.6 Å². The standard InChI is InChI=1S/C21H19BrClN5OS/c22-16-13-26-28-19(12-18(27-21(16)28)15-6-1-2-7-17(15)23)24-8-4-9-25-20(29)11-14-5-3-10-30-14/h1-3,5-7,10,12-13,24H,4,8-9,11H2,(H,25,29). The number of thiophene rings is 1. The van der Waals surface area contributed by atoms with Gasteiger partial charge in [0, 0.05) is 34.6 Å². The zero-order valence-corrected chi connectivity index (χ0v) is 19.1. The Kier molecular flexibility index (Phi) is 6.66. The molecule has 0 bridgehead atoms. The number of carbonyl (C=O) groups is 1. The monoisotopic (exact) mass is 503 g/mol. The van der Waals surface area contributed by atoms with Crippen molar-refractivity contribution in [2.75, 3.05) is 18.4 Å². The fraction of sp³-hybridized carbons (Fsp3) is 0.190. The Bertz CT molecular complexity index is 1160. The van der Waals surface area contributed by atoms with Crippen molar-refractivity contribution in [2.45, 2.75) is 12.8 Å². The number of amides is 1. The molecule has 2 N–H and O–H groups in total. The van der Waals surface area contributed by atoms with E-state index >= 15 is 0 Å². The summed E-state index contributed by atoms with van der Waals surface area (Å²) in [5.41, 5.74) is 2.33. The van der Waals surface area contributed by atoms with Crippen molar-refractivity contribution in [2.24, 2.45) is 0 Å². The Balaban J connectivity index is 1.41. The van der Waals surface area contributed by atoms with E-state index in [-0.39, 0.29) is 5.91 Å². The minimum Gasteiger partial charge on any atom is -0.370 e. The lowest BCUT2D eigenvalue weighted by Gasteiger charge is -2.12. The highest BCUT2D eigenvalue weighted by molar-refractivity contribution is 9.10. The van der Waals surface area contributed by atoms with E-state index in [1.165, 1.54) is 0 Å². The molecule has 154 valence electrons. The van der Waals surface area contributed by atoms with Gasteiger partial charge < -0.3 is 10.6 Å². The Morgan fingerprint density at radius 2 is 2.07 bits per heavy atom. The average Bonchev–Trinajstić information content (AvgIpc) is 3.38. The van der Waals surface area contributed by atoms with Crippen LogP contribution in [0.1, 0.15) is 11.3 Å². The molecule has 0 atom stereocenters. The third-order valence-electron chi connectivity index (χ3n) is 4.48. The molecule has 0 aliphatic rings. The van der Waals surface area contributed by atoms with Crippen LogP contribution in [0.25, 0.3) is 16.9 Å². The second kappa shape index (κ2) is 9.59. The number of carbonyl (C=O) groups excluding carboxylic acids is 1. The van der Waals surface area contributed by atoms with Gasteiger partial charge >= 0.3 is 0 Å². The molecule has 0 radical (unpaired) electrons. The molecule has 0 saturated carbocycles. The Morgan fingerprint density at radius 3 is 2.87 bits per heavy atom. The van der Waals surface area contributed by atoms with Crippen molar-refractivity contribution in [3.05, 3.63) is 68.4 Å². The van der Waals surface area contributed by atoms with E-state index < -0.39 is 0 Å². The minimum atomic E-state index is 0.0424. The number of hydrogen-bond acceptors (Lipinski definition) is 5. The van der Waals surface area contributed by atoms with Crippen LogP contribution in [0.5, 0.6) is 0 Å². The summed E-state index contributed by atoms with van der Waals surface area (Å²) in [6.07, 6.45) is 2.93. The molecule has 30 heavy (non-hydrogen) atoms.